The molecule has 0 spiro atoms. The Kier molecular flexibility index (Phi) is 6.08. The molecule has 1 atom stereocenters. The maximum atomic E-state index is 12.2. The molecule has 0 unspecified atom stereocenters. The number of pyridine rings is 1. The first kappa shape index (κ1) is 18.4. The maximum absolute atomic E-state index is 12.2. The van der Waals surface area contributed by atoms with Crippen molar-refractivity contribution < 1.29 is 19.5 Å². The van der Waals surface area contributed by atoms with Crippen LogP contribution in [-0.4, -0.2) is 33.9 Å². The third-order valence-electron chi connectivity index (χ3n) is 3.30. The molecule has 0 aliphatic carbocycles. The van der Waals surface area contributed by atoms with Crippen molar-refractivity contribution in [2.75, 3.05) is 5.32 Å². The second-order valence-electron chi connectivity index (χ2n) is 5.32. The van der Waals surface area contributed by atoms with Gasteiger partial charge in [0.2, 0.25) is 5.91 Å². The molecule has 130 valence electrons. The molecule has 3 N–H and O–H groups in total. The van der Waals surface area contributed by atoms with E-state index < -0.39 is 17.9 Å². The van der Waals surface area contributed by atoms with E-state index in [4.69, 9.17) is 11.6 Å². The molecule has 0 saturated carbocycles. The molecule has 0 saturated heterocycles. The predicted octanol–water partition coefficient (Wildman–Crippen LogP) is 2.12. The average Bonchev–Trinajstić information content (AvgIpc) is 2.56. The van der Waals surface area contributed by atoms with Crippen molar-refractivity contribution in [2.24, 2.45) is 0 Å². The highest BCUT2D eigenvalue weighted by atomic mass is 35.5. The number of hydrogen-bond donors (Lipinski definition) is 3. The van der Waals surface area contributed by atoms with Crippen LogP contribution in [0.1, 0.15) is 22.8 Å². The molecule has 1 aromatic heterocycles. The van der Waals surface area contributed by atoms with Crippen molar-refractivity contribution in [1.29, 1.82) is 0 Å². The summed E-state index contributed by atoms with van der Waals surface area (Å²) in [6.07, 6.45) is 1.54. The van der Waals surface area contributed by atoms with Gasteiger partial charge in [0.05, 0.1) is 0 Å². The Labute approximate surface area is 149 Å². The summed E-state index contributed by atoms with van der Waals surface area (Å²) in [5.41, 5.74) is 1.47. The Morgan fingerprint density at radius 1 is 1.16 bits per heavy atom. The van der Waals surface area contributed by atoms with Crippen LogP contribution in [0.5, 0.6) is 0 Å². The van der Waals surface area contributed by atoms with Crippen molar-refractivity contribution in [3.8, 4) is 0 Å². The van der Waals surface area contributed by atoms with Crippen molar-refractivity contribution in [3.63, 3.8) is 0 Å². The number of aromatic nitrogens is 1. The van der Waals surface area contributed by atoms with Gasteiger partial charge in [-0.2, -0.15) is 0 Å². The summed E-state index contributed by atoms with van der Waals surface area (Å²) in [6.45, 7) is 1.38. The third-order valence-corrected chi connectivity index (χ3v) is 3.52. The van der Waals surface area contributed by atoms with Crippen molar-refractivity contribution in [1.82, 2.24) is 10.3 Å². The average molecular weight is 362 g/mol. The van der Waals surface area contributed by atoms with E-state index in [0.29, 0.717) is 16.4 Å². The van der Waals surface area contributed by atoms with Crippen LogP contribution in [0.3, 0.4) is 0 Å². The summed E-state index contributed by atoms with van der Waals surface area (Å²) in [6, 6.07) is 8.24. The number of anilines is 1. The highest BCUT2D eigenvalue weighted by Gasteiger charge is 2.21. The quantitative estimate of drug-likeness (QED) is 0.683. The van der Waals surface area contributed by atoms with Gasteiger partial charge < -0.3 is 15.7 Å². The van der Waals surface area contributed by atoms with Crippen LogP contribution in [0.2, 0.25) is 5.15 Å². The van der Waals surface area contributed by atoms with Gasteiger partial charge in [-0.05, 0) is 35.9 Å². The summed E-state index contributed by atoms with van der Waals surface area (Å²) in [7, 11) is 0. The smallest absolute Gasteiger partial charge is 0.326 e. The number of halogens is 1. The van der Waals surface area contributed by atoms with Gasteiger partial charge in [0, 0.05) is 30.8 Å². The summed E-state index contributed by atoms with van der Waals surface area (Å²) < 4.78 is 0. The number of aliphatic carboxylic acids is 1. The topological polar surface area (TPSA) is 108 Å². The van der Waals surface area contributed by atoms with Gasteiger partial charge in [-0.25, -0.2) is 9.78 Å². The van der Waals surface area contributed by atoms with Crippen LogP contribution >= 0.6 is 11.6 Å². The van der Waals surface area contributed by atoms with Gasteiger partial charge in [0.25, 0.3) is 5.91 Å². The Morgan fingerprint density at radius 3 is 2.36 bits per heavy atom. The standard InChI is InChI=1S/C17H16ClN3O4/c1-10(22)20-13-5-3-12(4-6-13)16(23)21-14(17(24)25)8-11-2-7-15(18)19-9-11/h2-7,9,14H,8H2,1H3,(H,20,22)(H,21,23)(H,24,25)/t14-/m0/s1. The van der Waals surface area contributed by atoms with Gasteiger partial charge in [-0.1, -0.05) is 17.7 Å². The molecule has 2 amide bonds. The van der Waals surface area contributed by atoms with E-state index in [1.807, 2.05) is 0 Å². The maximum Gasteiger partial charge on any atom is 0.326 e. The van der Waals surface area contributed by atoms with Gasteiger partial charge >= 0.3 is 5.97 Å². The van der Waals surface area contributed by atoms with Gasteiger partial charge in [0.1, 0.15) is 11.2 Å². The van der Waals surface area contributed by atoms with Gasteiger partial charge in [0.15, 0.2) is 0 Å². The molecule has 8 heteroatoms. The summed E-state index contributed by atoms with van der Waals surface area (Å²) in [5, 5.41) is 14.7. The Balaban J connectivity index is 2.05. The number of carbonyl (C=O) groups excluding carboxylic acids is 2. The number of carbonyl (C=O) groups is 3. The number of nitrogens with one attached hydrogen (secondary N) is 2. The SMILES string of the molecule is CC(=O)Nc1ccc(C(=O)N[C@@H](Cc2ccc(Cl)nc2)C(=O)O)cc1. The summed E-state index contributed by atoms with van der Waals surface area (Å²) >= 11 is 5.70. The van der Waals surface area contributed by atoms with Crippen LogP contribution in [0.4, 0.5) is 5.69 Å². The number of rotatable bonds is 6. The van der Waals surface area contributed by atoms with Crippen LogP contribution in [0, 0.1) is 0 Å². The lowest BCUT2D eigenvalue weighted by Crippen LogP contribution is -2.42. The molecule has 25 heavy (non-hydrogen) atoms. The minimum Gasteiger partial charge on any atom is -0.480 e. The zero-order valence-corrected chi connectivity index (χ0v) is 14.1. The first-order chi connectivity index (χ1) is 11.8. The third kappa shape index (κ3) is 5.58. The van der Waals surface area contributed by atoms with E-state index in [2.05, 4.69) is 15.6 Å². The second kappa shape index (κ2) is 8.25. The van der Waals surface area contributed by atoms with Crippen LogP contribution in [-0.2, 0) is 16.0 Å². The first-order valence-electron chi connectivity index (χ1n) is 7.37. The molecule has 0 radical (unpaired) electrons. The van der Waals surface area contributed by atoms with Crippen LogP contribution in [0.15, 0.2) is 42.6 Å². The molecule has 0 fully saturated rings. The summed E-state index contributed by atoms with van der Waals surface area (Å²) in [5.74, 6) is -1.90. The largest absolute Gasteiger partial charge is 0.480 e. The lowest BCUT2D eigenvalue weighted by atomic mass is 10.1. The molecule has 1 heterocycles. The van der Waals surface area contributed by atoms with Gasteiger partial charge in [-0.15, -0.1) is 0 Å². The molecule has 0 aliphatic heterocycles. The zero-order valence-electron chi connectivity index (χ0n) is 13.3. The van der Waals surface area contributed by atoms with Crippen LogP contribution in [0.25, 0.3) is 0 Å². The molecule has 0 bridgehead atoms. The van der Waals surface area contributed by atoms with E-state index in [0.717, 1.165) is 0 Å². The fourth-order valence-electron chi connectivity index (χ4n) is 2.11. The van der Waals surface area contributed by atoms with E-state index in [-0.39, 0.29) is 17.9 Å². The molecule has 1 aromatic carbocycles. The Morgan fingerprint density at radius 2 is 1.84 bits per heavy atom. The van der Waals surface area contributed by atoms with E-state index in [9.17, 15) is 19.5 Å². The first-order valence-corrected chi connectivity index (χ1v) is 7.74. The van der Waals surface area contributed by atoms with Crippen molar-refractivity contribution in [2.45, 2.75) is 19.4 Å². The highest BCUT2D eigenvalue weighted by Crippen LogP contribution is 2.11. The molecule has 2 aromatic rings. The van der Waals surface area contributed by atoms with Crippen LogP contribution < -0.4 is 10.6 Å². The van der Waals surface area contributed by atoms with Crippen molar-refractivity contribution in [3.05, 3.63) is 58.9 Å². The minimum absolute atomic E-state index is 0.0786. The molecule has 2 rings (SSSR count). The predicted molar refractivity (Wildman–Crippen MR) is 92.6 cm³/mol. The number of hydrogen-bond acceptors (Lipinski definition) is 4. The lowest BCUT2D eigenvalue weighted by molar-refractivity contribution is -0.139. The highest BCUT2D eigenvalue weighted by molar-refractivity contribution is 6.29. The molecule has 7 nitrogen and oxygen atoms in total. The second-order valence-corrected chi connectivity index (χ2v) is 5.70. The number of nitrogens with zero attached hydrogens (tertiary/aromatic N) is 1. The van der Waals surface area contributed by atoms with Gasteiger partial charge in [-0.3, -0.25) is 9.59 Å². The number of benzene rings is 1. The van der Waals surface area contributed by atoms with E-state index in [1.54, 1.807) is 24.3 Å². The fraction of sp³-hybridized carbons (Fsp3) is 0.176. The van der Waals surface area contributed by atoms with Crippen molar-refractivity contribution >= 4 is 35.1 Å². The van der Waals surface area contributed by atoms with E-state index in [1.165, 1.54) is 25.3 Å². The Bertz CT molecular complexity index is 775. The number of carboxylic acids is 1. The Hall–Kier alpha value is -2.93. The molecular formula is C17H16ClN3O4. The monoisotopic (exact) mass is 361 g/mol. The lowest BCUT2D eigenvalue weighted by Gasteiger charge is -2.15. The number of carboxylic acid groups (broad SMARTS) is 1. The minimum atomic E-state index is -1.15. The number of amides is 2. The normalized spacial score (nSPS) is 11.4. The molecular weight excluding hydrogens is 346 g/mol. The summed E-state index contributed by atoms with van der Waals surface area (Å²) in [4.78, 5) is 38.5. The fourth-order valence-corrected chi connectivity index (χ4v) is 2.22. The van der Waals surface area contributed by atoms with E-state index >= 15 is 0 Å². The zero-order chi connectivity index (χ0) is 18.4. The molecule has 0 aliphatic rings.